The second kappa shape index (κ2) is 4.89. The number of hydrogen-bond acceptors (Lipinski definition) is 4. The molecule has 0 saturated carbocycles. The number of alkyl halides is 3. The molecule has 8 heteroatoms. The fraction of sp³-hybridized carbons (Fsp3) is 0.600. The van der Waals surface area contributed by atoms with Crippen molar-refractivity contribution in [2.45, 2.75) is 12.6 Å². The standard InChI is InChI=1S/C10H11ClF3N3O/c11-9-15-7(10(12,13)14)3-8(16-9)17-2-1-6(4-17)5-18/h3,6,18H,1-2,4-5H2. The fourth-order valence-electron chi connectivity index (χ4n) is 1.90. The van der Waals surface area contributed by atoms with Crippen molar-refractivity contribution < 1.29 is 18.3 Å². The SMILES string of the molecule is OCC1CCN(c2cc(C(F)(F)F)nc(Cl)n2)C1. The predicted molar refractivity (Wildman–Crippen MR) is 59.4 cm³/mol. The lowest BCUT2D eigenvalue weighted by atomic mass is 10.1. The Bertz CT molecular complexity index is 441. The molecule has 1 fully saturated rings. The number of hydrogen-bond donors (Lipinski definition) is 1. The maximum Gasteiger partial charge on any atom is 0.433 e. The van der Waals surface area contributed by atoms with Crippen molar-refractivity contribution in [1.29, 1.82) is 0 Å². The topological polar surface area (TPSA) is 49.2 Å². The molecule has 2 heterocycles. The van der Waals surface area contributed by atoms with E-state index in [-0.39, 0.29) is 18.3 Å². The van der Waals surface area contributed by atoms with Crippen LogP contribution in [0.5, 0.6) is 0 Å². The zero-order valence-electron chi connectivity index (χ0n) is 9.28. The Kier molecular flexibility index (Phi) is 3.63. The Balaban J connectivity index is 2.26. The van der Waals surface area contributed by atoms with E-state index in [9.17, 15) is 13.2 Å². The molecule has 0 aliphatic carbocycles. The molecule has 0 amide bonds. The van der Waals surface area contributed by atoms with Crippen LogP contribution in [0.15, 0.2) is 6.07 Å². The fourth-order valence-corrected chi connectivity index (χ4v) is 2.08. The second-order valence-electron chi connectivity index (χ2n) is 4.16. The molecule has 0 radical (unpaired) electrons. The first-order valence-corrected chi connectivity index (χ1v) is 5.75. The molecule has 1 saturated heterocycles. The molecule has 2 rings (SSSR count). The van der Waals surface area contributed by atoms with Gasteiger partial charge in [-0.15, -0.1) is 0 Å². The Hall–Kier alpha value is -1.08. The molecule has 0 bridgehead atoms. The van der Waals surface area contributed by atoms with Gasteiger partial charge in [-0.2, -0.15) is 13.2 Å². The monoisotopic (exact) mass is 281 g/mol. The van der Waals surface area contributed by atoms with Crippen molar-refractivity contribution in [3.63, 3.8) is 0 Å². The minimum absolute atomic E-state index is 0.0153. The van der Waals surface area contributed by atoms with Gasteiger partial charge in [0.05, 0.1) is 0 Å². The zero-order valence-corrected chi connectivity index (χ0v) is 10.0. The van der Waals surface area contributed by atoms with Crippen LogP contribution in [0.25, 0.3) is 0 Å². The Morgan fingerprint density at radius 1 is 1.44 bits per heavy atom. The van der Waals surface area contributed by atoms with Gasteiger partial charge in [-0.25, -0.2) is 9.97 Å². The van der Waals surface area contributed by atoms with Gasteiger partial charge < -0.3 is 10.0 Å². The summed E-state index contributed by atoms with van der Waals surface area (Å²) in [6.07, 6.45) is -3.82. The van der Waals surface area contributed by atoms with Gasteiger partial charge in [0.1, 0.15) is 5.82 Å². The highest BCUT2D eigenvalue weighted by atomic mass is 35.5. The summed E-state index contributed by atoms with van der Waals surface area (Å²) in [7, 11) is 0. The summed E-state index contributed by atoms with van der Waals surface area (Å²) in [4.78, 5) is 8.64. The first-order chi connectivity index (χ1) is 8.40. The maximum atomic E-state index is 12.6. The van der Waals surface area contributed by atoms with E-state index in [1.807, 2.05) is 0 Å². The number of aromatic nitrogens is 2. The van der Waals surface area contributed by atoms with Crippen LogP contribution in [0.1, 0.15) is 12.1 Å². The molecule has 1 N–H and O–H groups in total. The van der Waals surface area contributed by atoms with E-state index in [0.717, 1.165) is 12.5 Å². The van der Waals surface area contributed by atoms with E-state index in [1.165, 1.54) is 0 Å². The number of aliphatic hydroxyl groups is 1. The van der Waals surface area contributed by atoms with E-state index in [1.54, 1.807) is 4.90 Å². The van der Waals surface area contributed by atoms with Crippen LogP contribution in [-0.4, -0.2) is 34.8 Å². The van der Waals surface area contributed by atoms with Crippen LogP contribution in [0, 0.1) is 5.92 Å². The van der Waals surface area contributed by atoms with Crippen LogP contribution in [-0.2, 0) is 6.18 Å². The van der Waals surface area contributed by atoms with Gasteiger partial charge >= 0.3 is 6.18 Å². The van der Waals surface area contributed by atoms with Crippen molar-refractivity contribution in [3.8, 4) is 0 Å². The molecule has 4 nitrogen and oxygen atoms in total. The first kappa shape index (κ1) is 13.4. The van der Waals surface area contributed by atoms with Crippen molar-refractivity contribution in [2.75, 3.05) is 24.6 Å². The summed E-state index contributed by atoms with van der Waals surface area (Å²) < 4.78 is 37.7. The van der Waals surface area contributed by atoms with Gasteiger partial charge in [-0.1, -0.05) is 0 Å². The van der Waals surface area contributed by atoms with Gasteiger partial charge in [0.15, 0.2) is 5.69 Å². The van der Waals surface area contributed by atoms with E-state index >= 15 is 0 Å². The number of nitrogens with zero attached hydrogens (tertiary/aromatic N) is 3. The zero-order chi connectivity index (χ0) is 13.3. The average Bonchev–Trinajstić information content (AvgIpc) is 2.75. The molecule has 18 heavy (non-hydrogen) atoms. The molecule has 0 aromatic carbocycles. The summed E-state index contributed by atoms with van der Waals surface area (Å²) in [5.74, 6) is 0.214. The summed E-state index contributed by atoms with van der Waals surface area (Å²) in [6.45, 7) is 1.04. The van der Waals surface area contributed by atoms with Crippen molar-refractivity contribution in [1.82, 2.24) is 9.97 Å². The Morgan fingerprint density at radius 2 is 2.17 bits per heavy atom. The van der Waals surface area contributed by atoms with Crippen molar-refractivity contribution in [3.05, 3.63) is 17.0 Å². The minimum atomic E-state index is -4.54. The van der Waals surface area contributed by atoms with Crippen LogP contribution < -0.4 is 4.90 Å². The third kappa shape index (κ3) is 2.84. The summed E-state index contributed by atoms with van der Waals surface area (Å²) in [6, 6.07) is 0.881. The van der Waals surface area contributed by atoms with Gasteiger partial charge in [0, 0.05) is 31.7 Å². The molecule has 1 aromatic heterocycles. The number of rotatable bonds is 2. The average molecular weight is 282 g/mol. The summed E-state index contributed by atoms with van der Waals surface area (Å²) >= 11 is 5.51. The van der Waals surface area contributed by atoms with E-state index in [4.69, 9.17) is 16.7 Å². The second-order valence-corrected chi connectivity index (χ2v) is 4.50. The molecule has 1 atom stereocenters. The van der Waals surface area contributed by atoms with Gasteiger partial charge in [-0.3, -0.25) is 0 Å². The normalized spacial score (nSPS) is 20.5. The van der Waals surface area contributed by atoms with E-state index in [2.05, 4.69) is 9.97 Å². The third-order valence-electron chi connectivity index (χ3n) is 2.84. The minimum Gasteiger partial charge on any atom is -0.396 e. The van der Waals surface area contributed by atoms with E-state index < -0.39 is 17.2 Å². The maximum absolute atomic E-state index is 12.6. The quantitative estimate of drug-likeness (QED) is 0.842. The van der Waals surface area contributed by atoms with Gasteiger partial charge in [0.25, 0.3) is 0 Å². The largest absolute Gasteiger partial charge is 0.433 e. The van der Waals surface area contributed by atoms with Crippen molar-refractivity contribution >= 4 is 17.4 Å². The third-order valence-corrected chi connectivity index (χ3v) is 3.01. The summed E-state index contributed by atoms with van der Waals surface area (Å²) in [5, 5.41) is 8.58. The number of halogens is 4. The lowest BCUT2D eigenvalue weighted by Crippen LogP contribution is -2.23. The number of anilines is 1. The van der Waals surface area contributed by atoms with Crippen LogP contribution in [0.4, 0.5) is 19.0 Å². The molecule has 1 aromatic rings. The van der Waals surface area contributed by atoms with Gasteiger partial charge in [-0.05, 0) is 18.0 Å². The molecular weight excluding hydrogens is 271 g/mol. The van der Waals surface area contributed by atoms with Crippen LogP contribution >= 0.6 is 11.6 Å². The molecule has 100 valence electrons. The molecular formula is C10H11ClF3N3O. The smallest absolute Gasteiger partial charge is 0.396 e. The molecule has 0 spiro atoms. The highest BCUT2D eigenvalue weighted by molar-refractivity contribution is 6.28. The molecule has 1 aliphatic heterocycles. The number of aliphatic hydroxyl groups excluding tert-OH is 1. The summed E-state index contributed by atoms with van der Waals surface area (Å²) in [5.41, 5.74) is -1.05. The Labute approximate surface area is 106 Å². The lowest BCUT2D eigenvalue weighted by Gasteiger charge is -2.18. The Morgan fingerprint density at radius 3 is 2.72 bits per heavy atom. The van der Waals surface area contributed by atoms with E-state index in [0.29, 0.717) is 13.1 Å². The van der Waals surface area contributed by atoms with Crippen LogP contribution in [0.2, 0.25) is 5.28 Å². The molecule has 1 unspecified atom stereocenters. The van der Waals surface area contributed by atoms with Crippen molar-refractivity contribution in [2.24, 2.45) is 5.92 Å². The van der Waals surface area contributed by atoms with Crippen LogP contribution in [0.3, 0.4) is 0 Å². The highest BCUT2D eigenvalue weighted by Crippen LogP contribution is 2.31. The lowest BCUT2D eigenvalue weighted by molar-refractivity contribution is -0.141. The highest BCUT2D eigenvalue weighted by Gasteiger charge is 2.34. The molecule has 1 aliphatic rings. The van der Waals surface area contributed by atoms with Gasteiger partial charge in [0.2, 0.25) is 5.28 Å². The predicted octanol–water partition coefficient (Wildman–Crippen LogP) is 1.97. The first-order valence-electron chi connectivity index (χ1n) is 5.37.